The minimum atomic E-state index is -0.308. The summed E-state index contributed by atoms with van der Waals surface area (Å²) >= 11 is 5.35. The van der Waals surface area contributed by atoms with Gasteiger partial charge in [-0.3, -0.25) is 20.5 Å². The minimum Gasteiger partial charge on any atom is -0.493 e. The van der Waals surface area contributed by atoms with Gasteiger partial charge in [0.05, 0.1) is 20.3 Å². The fourth-order valence-electron chi connectivity index (χ4n) is 3.43. The van der Waals surface area contributed by atoms with Crippen LogP contribution in [0.5, 0.6) is 11.5 Å². The number of nitrogens with zero attached hydrogens (tertiary/aromatic N) is 2. The lowest BCUT2D eigenvalue weighted by Crippen LogP contribution is -2.51. The number of methoxy groups -OCH3 is 2. The van der Waals surface area contributed by atoms with Crippen LogP contribution < -0.4 is 20.2 Å². The van der Waals surface area contributed by atoms with Crippen molar-refractivity contribution in [2.45, 2.75) is 25.3 Å². The smallest absolute Gasteiger partial charge is 0.250 e. The van der Waals surface area contributed by atoms with E-state index in [1.807, 2.05) is 18.3 Å². The highest BCUT2D eigenvalue weighted by atomic mass is 32.1. The lowest BCUT2D eigenvalue weighted by molar-refractivity contribution is -0.115. The van der Waals surface area contributed by atoms with Gasteiger partial charge in [0.2, 0.25) is 5.91 Å². The summed E-state index contributed by atoms with van der Waals surface area (Å²) in [5.74, 6) is 0.926. The second-order valence-corrected chi connectivity index (χ2v) is 7.28. The van der Waals surface area contributed by atoms with E-state index in [-0.39, 0.29) is 17.1 Å². The van der Waals surface area contributed by atoms with Crippen molar-refractivity contribution in [1.29, 1.82) is 0 Å². The molecule has 2 heterocycles. The Balaban J connectivity index is 1.57. The van der Waals surface area contributed by atoms with E-state index < -0.39 is 0 Å². The van der Waals surface area contributed by atoms with Crippen LogP contribution in [-0.2, 0) is 4.79 Å². The number of thiocarbonyl (C=S) groups is 1. The van der Waals surface area contributed by atoms with Crippen molar-refractivity contribution < 1.29 is 14.3 Å². The minimum absolute atomic E-state index is 0.171. The number of nitrogens with one attached hydrogen (secondary N) is 2. The van der Waals surface area contributed by atoms with Gasteiger partial charge in [0.1, 0.15) is 0 Å². The molecule has 1 aliphatic heterocycles. The Morgan fingerprint density at radius 2 is 2.07 bits per heavy atom. The third-order valence-corrected chi connectivity index (χ3v) is 5.08. The van der Waals surface area contributed by atoms with Crippen molar-refractivity contribution in [3.63, 3.8) is 0 Å². The van der Waals surface area contributed by atoms with E-state index >= 15 is 0 Å². The van der Waals surface area contributed by atoms with E-state index in [1.54, 1.807) is 38.6 Å². The molecule has 1 fully saturated rings. The zero-order valence-corrected chi connectivity index (χ0v) is 17.9. The first-order valence-corrected chi connectivity index (χ1v) is 10.2. The molecular formula is C22H26N4O3S. The maximum absolute atomic E-state index is 12.3. The number of hydrogen-bond acceptors (Lipinski definition) is 6. The third kappa shape index (κ3) is 5.77. The Morgan fingerprint density at radius 3 is 2.80 bits per heavy atom. The predicted octanol–water partition coefficient (Wildman–Crippen LogP) is 3.24. The Bertz CT molecular complexity index is 905. The van der Waals surface area contributed by atoms with Gasteiger partial charge in [-0.25, -0.2) is 5.01 Å². The number of carbonyl (C=O) groups excluding carboxylic acids is 1. The lowest BCUT2D eigenvalue weighted by Gasteiger charge is -2.36. The molecule has 8 heteroatoms. The van der Waals surface area contributed by atoms with Gasteiger partial charge in [0.15, 0.2) is 16.6 Å². The second kappa shape index (κ2) is 10.7. The molecule has 1 atom stereocenters. The molecule has 1 unspecified atom stereocenters. The molecule has 158 valence electrons. The highest BCUT2D eigenvalue weighted by molar-refractivity contribution is 7.80. The van der Waals surface area contributed by atoms with E-state index in [0.717, 1.165) is 36.9 Å². The highest BCUT2D eigenvalue weighted by Crippen LogP contribution is 2.29. The van der Waals surface area contributed by atoms with Crippen molar-refractivity contribution >= 4 is 29.3 Å². The van der Waals surface area contributed by atoms with Crippen LogP contribution in [0.1, 0.15) is 36.4 Å². The molecular weight excluding hydrogens is 400 g/mol. The molecule has 2 N–H and O–H groups in total. The van der Waals surface area contributed by atoms with E-state index in [4.69, 9.17) is 21.7 Å². The maximum atomic E-state index is 12.3. The Kier molecular flexibility index (Phi) is 7.75. The number of hydrazine groups is 1. The molecule has 0 spiro atoms. The van der Waals surface area contributed by atoms with Gasteiger partial charge in [0.25, 0.3) is 0 Å². The van der Waals surface area contributed by atoms with E-state index in [1.165, 1.54) is 6.08 Å². The molecule has 0 radical (unpaired) electrons. The van der Waals surface area contributed by atoms with Gasteiger partial charge in [-0.15, -0.1) is 0 Å². The van der Waals surface area contributed by atoms with E-state index in [2.05, 4.69) is 26.8 Å². The van der Waals surface area contributed by atoms with Crippen molar-refractivity contribution in [1.82, 2.24) is 20.7 Å². The van der Waals surface area contributed by atoms with Crippen LogP contribution in [0.4, 0.5) is 0 Å². The normalized spacial score (nSPS) is 16.8. The SMILES string of the molecule is COc1ccc(/C=C/C(=O)NC(=S)NN2CCCCC2c2cccnc2)cc1OC. The van der Waals surface area contributed by atoms with Crippen molar-refractivity contribution in [2.75, 3.05) is 20.8 Å². The van der Waals surface area contributed by atoms with E-state index in [0.29, 0.717) is 11.5 Å². The molecule has 0 aliphatic carbocycles. The summed E-state index contributed by atoms with van der Waals surface area (Å²) < 4.78 is 10.5. The van der Waals surface area contributed by atoms with Crippen molar-refractivity contribution in [3.8, 4) is 11.5 Å². The zero-order valence-electron chi connectivity index (χ0n) is 17.1. The molecule has 1 amide bonds. The Morgan fingerprint density at radius 1 is 1.23 bits per heavy atom. The van der Waals surface area contributed by atoms with Crippen LogP contribution in [0, 0.1) is 0 Å². The van der Waals surface area contributed by atoms with Gasteiger partial charge in [-0.05, 0) is 60.5 Å². The number of amides is 1. The summed E-state index contributed by atoms with van der Waals surface area (Å²) in [4.78, 5) is 16.5. The molecule has 0 saturated carbocycles. The molecule has 3 rings (SSSR count). The quantitative estimate of drug-likeness (QED) is 0.542. The number of carbonyl (C=O) groups is 1. The fraction of sp³-hybridized carbons (Fsp3) is 0.318. The van der Waals surface area contributed by atoms with Gasteiger partial charge in [0, 0.05) is 25.0 Å². The van der Waals surface area contributed by atoms with Crippen LogP contribution in [0.25, 0.3) is 6.08 Å². The average Bonchev–Trinajstić information content (AvgIpc) is 2.78. The fourth-order valence-corrected chi connectivity index (χ4v) is 3.64. The largest absolute Gasteiger partial charge is 0.493 e. The molecule has 1 saturated heterocycles. The van der Waals surface area contributed by atoms with Gasteiger partial charge >= 0.3 is 0 Å². The number of aromatic nitrogens is 1. The number of ether oxygens (including phenoxy) is 2. The van der Waals surface area contributed by atoms with Crippen LogP contribution >= 0.6 is 12.2 Å². The van der Waals surface area contributed by atoms with E-state index in [9.17, 15) is 4.79 Å². The Hall–Kier alpha value is -2.97. The summed E-state index contributed by atoms with van der Waals surface area (Å²) in [5.41, 5.74) is 5.11. The summed E-state index contributed by atoms with van der Waals surface area (Å²) in [5, 5.41) is 5.04. The van der Waals surface area contributed by atoms with Gasteiger partial charge in [-0.1, -0.05) is 18.6 Å². The number of piperidine rings is 1. The first kappa shape index (κ1) is 21.7. The molecule has 30 heavy (non-hydrogen) atoms. The van der Waals surface area contributed by atoms with Crippen molar-refractivity contribution in [2.24, 2.45) is 0 Å². The summed E-state index contributed by atoms with van der Waals surface area (Å²) in [6, 6.07) is 9.59. The summed E-state index contributed by atoms with van der Waals surface area (Å²) in [6.45, 7) is 0.844. The zero-order chi connectivity index (χ0) is 21.3. The second-order valence-electron chi connectivity index (χ2n) is 6.87. The topological polar surface area (TPSA) is 75.7 Å². The van der Waals surface area contributed by atoms with Gasteiger partial charge in [-0.2, -0.15) is 0 Å². The summed E-state index contributed by atoms with van der Waals surface area (Å²) in [6.07, 6.45) is 9.99. The maximum Gasteiger partial charge on any atom is 0.250 e. The van der Waals surface area contributed by atoms with Crippen LogP contribution in [0.3, 0.4) is 0 Å². The molecule has 1 aromatic carbocycles. The Labute approximate surface area is 182 Å². The molecule has 0 bridgehead atoms. The van der Waals surface area contributed by atoms with Gasteiger partial charge < -0.3 is 9.47 Å². The monoisotopic (exact) mass is 426 g/mol. The van der Waals surface area contributed by atoms with Crippen molar-refractivity contribution in [3.05, 3.63) is 59.9 Å². The summed E-state index contributed by atoms with van der Waals surface area (Å²) in [7, 11) is 3.15. The molecule has 2 aromatic rings. The standard InChI is InChI=1S/C22H26N4O3S/c1-28-19-10-8-16(14-20(19)29-2)9-11-21(27)24-22(30)25-26-13-4-3-7-18(26)17-6-5-12-23-15-17/h5-6,8-12,14-15,18H,3-4,7,13H2,1-2H3,(H2,24,25,27,30)/b11-9+. The number of hydrogen-bond donors (Lipinski definition) is 2. The van der Waals surface area contributed by atoms with Crippen LogP contribution in [0.2, 0.25) is 0 Å². The number of rotatable bonds is 6. The predicted molar refractivity (Wildman–Crippen MR) is 120 cm³/mol. The van der Waals surface area contributed by atoms with Crippen LogP contribution in [0.15, 0.2) is 48.8 Å². The third-order valence-electron chi connectivity index (χ3n) is 4.89. The lowest BCUT2D eigenvalue weighted by atomic mass is 9.98. The number of benzene rings is 1. The number of pyridine rings is 1. The first-order chi connectivity index (χ1) is 14.6. The first-order valence-electron chi connectivity index (χ1n) is 9.79. The van der Waals surface area contributed by atoms with Crippen LogP contribution in [-0.4, -0.2) is 41.8 Å². The highest BCUT2D eigenvalue weighted by Gasteiger charge is 2.24. The average molecular weight is 427 g/mol. The molecule has 1 aliphatic rings. The molecule has 7 nitrogen and oxygen atoms in total. The molecule has 1 aromatic heterocycles.